The molecule has 2 aromatic rings. The molecule has 1 atom stereocenters. The lowest BCUT2D eigenvalue weighted by molar-refractivity contribution is -0.125. The van der Waals surface area contributed by atoms with Gasteiger partial charge in [0, 0.05) is 16.6 Å². The van der Waals surface area contributed by atoms with Gasteiger partial charge in [-0.25, -0.2) is 4.98 Å². The largest absolute Gasteiger partial charge is 0.352 e. The molecule has 0 aliphatic carbocycles. The molecule has 7 heteroatoms. The van der Waals surface area contributed by atoms with Crippen LogP contribution in [0.1, 0.15) is 18.1 Å². The minimum absolute atomic E-state index is 0.0593. The molecule has 1 amide bonds. The standard InChI is InChI=1S/C14H16Cl2N4O/c1-9-3-11(15)4-13(16)12(9)5-18-14(21)10(2)6-20-8-17-7-19-20/h3-4,7-8,10H,5-6H2,1-2H3,(H,18,21). The number of halogens is 2. The summed E-state index contributed by atoms with van der Waals surface area (Å²) in [4.78, 5) is 15.9. The lowest BCUT2D eigenvalue weighted by atomic mass is 10.1. The van der Waals surface area contributed by atoms with E-state index >= 15 is 0 Å². The zero-order valence-corrected chi connectivity index (χ0v) is 13.3. The molecule has 0 aliphatic heterocycles. The van der Waals surface area contributed by atoms with Gasteiger partial charge in [0.25, 0.3) is 0 Å². The maximum atomic E-state index is 12.1. The third-order valence-electron chi connectivity index (χ3n) is 3.20. The fourth-order valence-corrected chi connectivity index (χ4v) is 2.66. The van der Waals surface area contributed by atoms with Gasteiger partial charge in [-0.05, 0) is 30.2 Å². The second-order valence-corrected chi connectivity index (χ2v) is 5.76. The van der Waals surface area contributed by atoms with Crippen molar-refractivity contribution < 1.29 is 4.79 Å². The van der Waals surface area contributed by atoms with Gasteiger partial charge < -0.3 is 5.32 Å². The summed E-state index contributed by atoms with van der Waals surface area (Å²) < 4.78 is 1.63. The monoisotopic (exact) mass is 326 g/mol. The van der Waals surface area contributed by atoms with E-state index < -0.39 is 0 Å². The molecule has 0 bridgehead atoms. The van der Waals surface area contributed by atoms with Crippen molar-refractivity contribution in [1.29, 1.82) is 0 Å². The molecule has 5 nitrogen and oxygen atoms in total. The van der Waals surface area contributed by atoms with Crippen molar-refractivity contribution in [1.82, 2.24) is 20.1 Å². The summed E-state index contributed by atoms with van der Waals surface area (Å²) in [6.45, 7) is 4.62. The van der Waals surface area contributed by atoms with Crippen molar-refractivity contribution in [3.8, 4) is 0 Å². The number of amides is 1. The molecule has 1 aromatic carbocycles. The highest BCUT2D eigenvalue weighted by Crippen LogP contribution is 2.24. The second-order valence-electron chi connectivity index (χ2n) is 4.92. The van der Waals surface area contributed by atoms with Gasteiger partial charge in [0.05, 0.1) is 12.5 Å². The van der Waals surface area contributed by atoms with E-state index in [1.54, 1.807) is 17.1 Å². The van der Waals surface area contributed by atoms with E-state index in [1.807, 2.05) is 19.9 Å². The maximum Gasteiger partial charge on any atom is 0.224 e. The molecule has 112 valence electrons. The highest BCUT2D eigenvalue weighted by molar-refractivity contribution is 6.35. The van der Waals surface area contributed by atoms with Crippen molar-refractivity contribution in [2.24, 2.45) is 5.92 Å². The van der Waals surface area contributed by atoms with Crippen LogP contribution in [-0.4, -0.2) is 20.7 Å². The van der Waals surface area contributed by atoms with Crippen molar-refractivity contribution >= 4 is 29.1 Å². The lowest BCUT2D eigenvalue weighted by Crippen LogP contribution is -2.31. The molecule has 21 heavy (non-hydrogen) atoms. The summed E-state index contributed by atoms with van der Waals surface area (Å²) in [7, 11) is 0. The van der Waals surface area contributed by atoms with E-state index in [0.29, 0.717) is 23.1 Å². The first kappa shape index (κ1) is 15.8. The summed E-state index contributed by atoms with van der Waals surface area (Å²) in [6.07, 6.45) is 3.03. The molecule has 1 N–H and O–H groups in total. The van der Waals surface area contributed by atoms with Gasteiger partial charge in [0.15, 0.2) is 0 Å². The smallest absolute Gasteiger partial charge is 0.224 e. The van der Waals surface area contributed by atoms with Crippen LogP contribution in [0.2, 0.25) is 10.0 Å². The number of aromatic nitrogens is 3. The lowest BCUT2D eigenvalue weighted by Gasteiger charge is -2.14. The van der Waals surface area contributed by atoms with E-state index in [4.69, 9.17) is 23.2 Å². The van der Waals surface area contributed by atoms with E-state index in [9.17, 15) is 4.79 Å². The molecule has 0 fully saturated rings. The molecule has 2 rings (SSSR count). The van der Waals surface area contributed by atoms with Gasteiger partial charge in [-0.1, -0.05) is 30.1 Å². The van der Waals surface area contributed by atoms with Crippen molar-refractivity contribution in [3.63, 3.8) is 0 Å². The first-order valence-electron chi connectivity index (χ1n) is 6.52. The first-order chi connectivity index (χ1) is 9.97. The first-order valence-corrected chi connectivity index (χ1v) is 7.27. The van der Waals surface area contributed by atoms with Gasteiger partial charge in [0.1, 0.15) is 12.7 Å². The second kappa shape index (κ2) is 6.91. The van der Waals surface area contributed by atoms with Crippen molar-refractivity contribution in [2.75, 3.05) is 0 Å². The van der Waals surface area contributed by atoms with Crippen LogP contribution in [0.25, 0.3) is 0 Å². The summed E-state index contributed by atoms with van der Waals surface area (Å²) in [5, 5.41) is 8.02. The summed E-state index contributed by atoms with van der Waals surface area (Å²) in [6, 6.07) is 3.50. The number of aryl methyl sites for hydroxylation is 1. The number of rotatable bonds is 5. The zero-order chi connectivity index (χ0) is 15.4. The minimum atomic E-state index is -0.210. The Bertz CT molecular complexity index is 605. The van der Waals surface area contributed by atoms with Gasteiger partial charge in [-0.15, -0.1) is 0 Å². The fraction of sp³-hybridized carbons (Fsp3) is 0.357. The minimum Gasteiger partial charge on any atom is -0.352 e. The maximum absolute atomic E-state index is 12.1. The molecule has 0 saturated heterocycles. The summed E-state index contributed by atoms with van der Waals surface area (Å²) >= 11 is 12.1. The molecule has 1 unspecified atom stereocenters. The highest BCUT2D eigenvalue weighted by Gasteiger charge is 2.15. The number of hydrogen-bond donors (Lipinski definition) is 1. The normalized spacial score (nSPS) is 12.2. The molecule has 0 saturated carbocycles. The number of carbonyl (C=O) groups is 1. The number of benzene rings is 1. The van der Waals surface area contributed by atoms with Gasteiger partial charge in [0.2, 0.25) is 5.91 Å². The Morgan fingerprint density at radius 2 is 2.19 bits per heavy atom. The molecule has 1 heterocycles. The summed E-state index contributed by atoms with van der Waals surface area (Å²) in [5.74, 6) is -0.269. The Kier molecular flexibility index (Phi) is 5.20. The van der Waals surface area contributed by atoms with E-state index in [1.165, 1.54) is 6.33 Å². The number of hydrogen-bond acceptors (Lipinski definition) is 3. The van der Waals surface area contributed by atoms with Crippen molar-refractivity contribution in [2.45, 2.75) is 26.9 Å². The van der Waals surface area contributed by atoms with Gasteiger partial charge in [-0.3, -0.25) is 9.48 Å². The molecule has 1 aromatic heterocycles. The molecule has 0 aliphatic rings. The zero-order valence-electron chi connectivity index (χ0n) is 11.8. The molecular formula is C14H16Cl2N4O. The van der Waals surface area contributed by atoms with E-state index in [-0.39, 0.29) is 11.8 Å². The van der Waals surface area contributed by atoms with E-state index in [2.05, 4.69) is 15.4 Å². The van der Waals surface area contributed by atoms with Crippen LogP contribution >= 0.6 is 23.2 Å². The number of nitrogens with zero attached hydrogens (tertiary/aromatic N) is 3. The Labute approximate surface area is 133 Å². The Hall–Kier alpha value is -1.59. The number of carbonyl (C=O) groups excluding carboxylic acids is 1. The third kappa shape index (κ3) is 4.19. The Morgan fingerprint density at radius 1 is 1.43 bits per heavy atom. The van der Waals surface area contributed by atoms with Crippen molar-refractivity contribution in [3.05, 3.63) is 46.0 Å². The molecule has 0 radical (unpaired) electrons. The van der Waals surface area contributed by atoms with Crippen LogP contribution < -0.4 is 5.32 Å². The molecule has 0 spiro atoms. The Balaban J connectivity index is 1.95. The van der Waals surface area contributed by atoms with Crippen LogP contribution in [0, 0.1) is 12.8 Å². The van der Waals surface area contributed by atoms with Crippen LogP contribution in [0.15, 0.2) is 24.8 Å². The quantitative estimate of drug-likeness (QED) is 0.919. The predicted octanol–water partition coefficient (Wildman–Crippen LogP) is 2.85. The fourth-order valence-electron chi connectivity index (χ4n) is 2.00. The SMILES string of the molecule is Cc1cc(Cl)cc(Cl)c1CNC(=O)C(C)Cn1cncn1. The number of nitrogens with one attached hydrogen (secondary N) is 1. The molecular weight excluding hydrogens is 311 g/mol. The van der Waals surface area contributed by atoms with Crippen LogP contribution in [0.4, 0.5) is 0 Å². The van der Waals surface area contributed by atoms with E-state index in [0.717, 1.165) is 11.1 Å². The third-order valence-corrected chi connectivity index (χ3v) is 3.75. The average molecular weight is 327 g/mol. The predicted molar refractivity (Wildman–Crippen MR) is 82.2 cm³/mol. The Morgan fingerprint density at radius 3 is 2.81 bits per heavy atom. The topological polar surface area (TPSA) is 59.8 Å². The van der Waals surface area contributed by atoms with Crippen LogP contribution in [-0.2, 0) is 17.9 Å². The van der Waals surface area contributed by atoms with Crippen LogP contribution in [0.5, 0.6) is 0 Å². The summed E-state index contributed by atoms with van der Waals surface area (Å²) in [5.41, 5.74) is 1.83. The van der Waals surface area contributed by atoms with Gasteiger partial charge in [-0.2, -0.15) is 5.10 Å². The van der Waals surface area contributed by atoms with Crippen LogP contribution in [0.3, 0.4) is 0 Å². The van der Waals surface area contributed by atoms with Gasteiger partial charge >= 0.3 is 0 Å². The average Bonchev–Trinajstić information content (AvgIpc) is 2.89. The highest BCUT2D eigenvalue weighted by atomic mass is 35.5.